The van der Waals surface area contributed by atoms with Gasteiger partial charge >= 0.3 is 0 Å². The summed E-state index contributed by atoms with van der Waals surface area (Å²) < 4.78 is 5.46. The van der Waals surface area contributed by atoms with Gasteiger partial charge in [0.25, 0.3) is 0 Å². The molecule has 0 amide bonds. The van der Waals surface area contributed by atoms with Crippen LogP contribution in [0.15, 0.2) is 4.99 Å². The monoisotopic (exact) mass is 228 g/mol. The van der Waals surface area contributed by atoms with E-state index in [2.05, 4.69) is 29.6 Å². The minimum absolute atomic E-state index is 0.566. The van der Waals surface area contributed by atoms with Gasteiger partial charge in [-0.25, -0.2) is 10.8 Å². The molecule has 0 saturated heterocycles. The highest BCUT2D eigenvalue weighted by atomic mass is 16.5. The first-order valence-corrected chi connectivity index (χ1v) is 6.07. The van der Waals surface area contributed by atoms with Crippen LogP contribution in [0.5, 0.6) is 0 Å². The summed E-state index contributed by atoms with van der Waals surface area (Å²) in [5.74, 6) is 6.72. The van der Waals surface area contributed by atoms with Crippen molar-refractivity contribution < 1.29 is 4.74 Å². The molecule has 1 fully saturated rings. The molecule has 1 rings (SSSR count). The van der Waals surface area contributed by atoms with Crippen LogP contribution in [0.25, 0.3) is 0 Å². The minimum Gasteiger partial charge on any atom is -0.380 e. The molecule has 94 valence electrons. The number of nitrogens with zero attached hydrogens (tertiary/aromatic N) is 1. The second-order valence-corrected chi connectivity index (χ2v) is 4.59. The quantitative estimate of drug-likeness (QED) is 0.196. The fourth-order valence-electron chi connectivity index (χ4n) is 1.20. The van der Waals surface area contributed by atoms with E-state index in [0.717, 1.165) is 13.0 Å². The smallest absolute Gasteiger partial charge is 0.206 e. The Labute approximate surface area is 97.8 Å². The van der Waals surface area contributed by atoms with E-state index in [9.17, 15) is 0 Å². The number of ether oxygens (including phenoxy) is 1. The van der Waals surface area contributed by atoms with Crippen molar-refractivity contribution in [2.75, 3.05) is 19.8 Å². The largest absolute Gasteiger partial charge is 0.380 e. The molecule has 5 nitrogen and oxygen atoms in total. The molecule has 16 heavy (non-hydrogen) atoms. The lowest BCUT2D eigenvalue weighted by Crippen LogP contribution is -2.42. The van der Waals surface area contributed by atoms with Crippen LogP contribution >= 0.6 is 0 Å². The summed E-state index contributed by atoms with van der Waals surface area (Å²) >= 11 is 0. The third kappa shape index (κ3) is 6.63. The van der Waals surface area contributed by atoms with Gasteiger partial charge in [-0.1, -0.05) is 13.8 Å². The topological polar surface area (TPSA) is 71.7 Å². The summed E-state index contributed by atoms with van der Waals surface area (Å²) in [7, 11) is 0. The highest BCUT2D eigenvalue weighted by molar-refractivity contribution is 5.79. The minimum atomic E-state index is 0.566. The normalized spacial score (nSPS) is 16.6. The predicted octanol–water partition coefficient (Wildman–Crippen LogP) is 0.620. The second kappa shape index (κ2) is 7.46. The average molecular weight is 228 g/mol. The molecule has 0 atom stereocenters. The maximum atomic E-state index is 5.46. The lowest BCUT2D eigenvalue weighted by molar-refractivity contribution is 0.130. The lowest BCUT2D eigenvalue weighted by atomic mass is 10.1. The van der Waals surface area contributed by atoms with Gasteiger partial charge in [0, 0.05) is 12.6 Å². The van der Waals surface area contributed by atoms with E-state index in [4.69, 9.17) is 10.6 Å². The molecule has 1 aliphatic carbocycles. The van der Waals surface area contributed by atoms with Crippen LogP contribution in [0.2, 0.25) is 0 Å². The van der Waals surface area contributed by atoms with Gasteiger partial charge < -0.3 is 10.1 Å². The Kier molecular flexibility index (Phi) is 6.18. The third-order valence-corrected chi connectivity index (χ3v) is 2.40. The summed E-state index contributed by atoms with van der Waals surface area (Å²) in [4.78, 5) is 4.28. The Morgan fingerprint density at radius 3 is 2.75 bits per heavy atom. The molecule has 0 spiro atoms. The van der Waals surface area contributed by atoms with Crippen LogP contribution in [-0.2, 0) is 4.74 Å². The molecular formula is C11H24N4O. The van der Waals surface area contributed by atoms with Crippen LogP contribution in [0.1, 0.15) is 33.1 Å². The van der Waals surface area contributed by atoms with E-state index in [1.54, 1.807) is 0 Å². The molecule has 0 radical (unpaired) electrons. The number of aliphatic imine (C=N–C) groups is 1. The van der Waals surface area contributed by atoms with Crippen molar-refractivity contribution in [1.29, 1.82) is 0 Å². The van der Waals surface area contributed by atoms with Gasteiger partial charge in [0.15, 0.2) is 0 Å². The molecule has 0 bridgehead atoms. The van der Waals surface area contributed by atoms with Crippen LogP contribution in [0.3, 0.4) is 0 Å². The molecule has 0 aliphatic heterocycles. The molecule has 0 aromatic carbocycles. The standard InChI is InChI=1S/C11H24N4O/c1-9(2)5-7-16-8-6-13-11(15-12)14-10-3-4-10/h9-10H,3-8,12H2,1-2H3,(H2,13,14,15). The van der Waals surface area contributed by atoms with Gasteiger partial charge in [-0.3, -0.25) is 5.43 Å². The number of hydrogen-bond acceptors (Lipinski definition) is 3. The van der Waals surface area contributed by atoms with E-state index >= 15 is 0 Å². The summed E-state index contributed by atoms with van der Waals surface area (Å²) in [5, 5.41) is 3.21. The van der Waals surface area contributed by atoms with Crippen molar-refractivity contribution in [1.82, 2.24) is 10.7 Å². The maximum Gasteiger partial charge on any atom is 0.206 e. The van der Waals surface area contributed by atoms with Crippen molar-refractivity contribution in [2.24, 2.45) is 16.8 Å². The van der Waals surface area contributed by atoms with Crippen molar-refractivity contribution in [3.8, 4) is 0 Å². The highest BCUT2D eigenvalue weighted by Crippen LogP contribution is 2.18. The van der Waals surface area contributed by atoms with Gasteiger partial charge in [-0.2, -0.15) is 0 Å². The molecule has 4 N–H and O–H groups in total. The fraction of sp³-hybridized carbons (Fsp3) is 0.909. The Hall–Kier alpha value is -0.810. The Morgan fingerprint density at radius 1 is 1.44 bits per heavy atom. The third-order valence-electron chi connectivity index (χ3n) is 2.40. The van der Waals surface area contributed by atoms with E-state index in [1.807, 2.05) is 0 Å². The summed E-state index contributed by atoms with van der Waals surface area (Å²) in [6.45, 7) is 6.51. The zero-order valence-electron chi connectivity index (χ0n) is 10.3. The van der Waals surface area contributed by atoms with E-state index in [1.165, 1.54) is 12.8 Å². The zero-order chi connectivity index (χ0) is 11.8. The first kappa shape index (κ1) is 13.3. The Balaban J connectivity index is 1.99. The van der Waals surface area contributed by atoms with Crippen LogP contribution in [0, 0.1) is 5.92 Å². The molecule has 1 saturated carbocycles. The van der Waals surface area contributed by atoms with E-state index in [0.29, 0.717) is 31.1 Å². The van der Waals surface area contributed by atoms with Crippen molar-refractivity contribution >= 4 is 5.96 Å². The molecular weight excluding hydrogens is 204 g/mol. The number of guanidine groups is 1. The first-order chi connectivity index (χ1) is 7.72. The van der Waals surface area contributed by atoms with Crippen LogP contribution < -0.4 is 16.6 Å². The second-order valence-electron chi connectivity index (χ2n) is 4.59. The van der Waals surface area contributed by atoms with Gasteiger partial charge in [0.2, 0.25) is 5.96 Å². The van der Waals surface area contributed by atoms with Crippen molar-refractivity contribution in [2.45, 2.75) is 39.2 Å². The zero-order valence-corrected chi connectivity index (χ0v) is 10.3. The van der Waals surface area contributed by atoms with Gasteiger partial charge in [0.1, 0.15) is 0 Å². The van der Waals surface area contributed by atoms with Crippen LogP contribution in [-0.4, -0.2) is 31.8 Å². The molecule has 0 aromatic heterocycles. The highest BCUT2D eigenvalue weighted by Gasteiger charge is 2.21. The molecule has 5 heteroatoms. The van der Waals surface area contributed by atoms with Gasteiger partial charge in [-0.05, 0) is 25.2 Å². The van der Waals surface area contributed by atoms with Gasteiger partial charge in [-0.15, -0.1) is 0 Å². The summed E-state index contributed by atoms with van der Waals surface area (Å²) in [6, 6.07) is 0.566. The summed E-state index contributed by atoms with van der Waals surface area (Å²) in [6.07, 6.45) is 3.53. The number of nitrogens with two attached hydrogens (primary N) is 1. The number of hydrazine groups is 1. The van der Waals surface area contributed by atoms with E-state index in [-0.39, 0.29) is 0 Å². The molecule has 1 aliphatic rings. The fourth-order valence-corrected chi connectivity index (χ4v) is 1.20. The Bertz CT molecular complexity index is 214. The SMILES string of the molecule is CC(C)CCOCCN=C(NN)NC1CC1. The lowest BCUT2D eigenvalue weighted by Gasteiger charge is -2.08. The average Bonchev–Trinajstić information content (AvgIpc) is 3.04. The Morgan fingerprint density at radius 2 is 2.19 bits per heavy atom. The maximum absolute atomic E-state index is 5.46. The number of rotatable bonds is 7. The first-order valence-electron chi connectivity index (χ1n) is 6.07. The van der Waals surface area contributed by atoms with Gasteiger partial charge in [0.05, 0.1) is 13.2 Å². The number of hydrogen-bond donors (Lipinski definition) is 3. The predicted molar refractivity (Wildman–Crippen MR) is 66.1 cm³/mol. The van der Waals surface area contributed by atoms with Crippen molar-refractivity contribution in [3.05, 3.63) is 0 Å². The summed E-state index contributed by atoms with van der Waals surface area (Å²) in [5.41, 5.74) is 2.57. The van der Waals surface area contributed by atoms with Crippen molar-refractivity contribution in [3.63, 3.8) is 0 Å². The molecule has 0 unspecified atom stereocenters. The molecule has 0 heterocycles. The van der Waals surface area contributed by atoms with Crippen LogP contribution in [0.4, 0.5) is 0 Å². The molecule has 0 aromatic rings. The number of nitrogens with one attached hydrogen (secondary N) is 2. The van der Waals surface area contributed by atoms with E-state index < -0.39 is 0 Å².